The number of benzene rings is 1. The van der Waals surface area contributed by atoms with Crippen molar-refractivity contribution in [3.63, 3.8) is 0 Å². The summed E-state index contributed by atoms with van der Waals surface area (Å²) in [6, 6.07) is 4.59. The van der Waals surface area contributed by atoms with Crippen LogP contribution in [0.2, 0.25) is 0 Å². The molecule has 0 unspecified atom stereocenters. The van der Waals surface area contributed by atoms with Gasteiger partial charge in [-0.15, -0.1) is 0 Å². The number of carbonyl (C=O) groups is 1. The van der Waals surface area contributed by atoms with Gasteiger partial charge in [0, 0.05) is 13.1 Å². The Kier molecular flexibility index (Phi) is 4.27. The molecule has 1 aliphatic rings. The number of halogens is 4. The highest BCUT2D eigenvalue weighted by Crippen LogP contribution is 2.34. The molecule has 1 saturated heterocycles. The van der Waals surface area contributed by atoms with Gasteiger partial charge in [0.1, 0.15) is 5.82 Å². The van der Waals surface area contributed by atoms with E-state index in [0.717, 1.165) is 18.3 Å². The fraction of sp³-hybridized carbons (Fsp3) is 0.333. The van der Waals surface area contributed by atoms with Crippen molar-refractivity contribution < 1.29 is 27.1 Å². The standard InChI is InChI=1S/C15H13F4N3O2/c16-10-2-1-3-11(8-10)22-13(15(17,18)19)12(9-20-22)14(23)21-4-6-24-7-5-21/h1-3,8-9H,4-7H2. The number of morpholine rings is 1. The number of alkyl halides is 3. The Morgan fingerprint density at radius 2 is 1.92 bits per heavy atom. The van der Waals surface area contributed by atoms with Crippen LogP contribution in [0.15, 0.2) is 30.5 Å². The minimum Gasteiger partial charge on any atom is -0.378 e. The van der Waals surface area contributed by atoms with E-state index >= 15 is 0 Å². The summed E-state index contributed by atoms with van der Waals surface area (Å²) in [7, 11) is 0. The first kappa shape index (κ1) is 16.4. The van der Waals surface area contributed by atoms with Gasteiger partial charge in [-0.05, 0) is 18.2 Å². The lowest BCUT2D eigenvalue weighted by Crippen LogP contribution is -2.41. The molecule has 2 aromatic rings. The van der Waals surface area contributed by atoms with Gasteiger partial charge in [-0.1, -0.05) is 6.07 Å². The minimum absolute atomic E-state index is 0.108. The lowest BCUT2D eigenvalue weighted by molar-refractivity contribution is -0.143. The molecule has 0 spiro atoms. The summed E-state index contributed by atoms with van der Waals surface area (Å²) in [5.74, 6) is -1.47. The van der Waals surface area contributed by atoms with Crippen LogP contribution in [0.1, 0.15) is 16.1 Å². The predicted octanol–water partition coefficient (Wildman–Crippen LogP) is 2.50. The minimum atomic E-state index is -4.82. The van der Waals surface area contributed by atoms with Gasteiger partial charge >= 0.3 is 6.18 Å². The monoisotopic (exact) mass is 343 g/mol. The van der Waals surface area contributed by atoms with Crippen molar-refractivity contribution in [1.29, 1.82) is 0 Å². The zero-order valence-electron chi connectivity index (χ0n) is 12.4. The molecule has 2 heterocycles. The number of amides is 1. The molecule has 5 nitrogen and oxygen atoms in total. The van der Waals surface area contributed by atoms with Gasteiger partial charge in [0.05, 0.1) is 30.7 Å². The van der Waals surface area contributed by atoms with Crippen molar-refractivity contribution in [2.24, 2.45) is 0 Å². The Morgan fingerprint density at radius 1 is 1.21 bits per heavy atom. The highest BCUT2D eigenvalue weighted by atomic mass is 19.4. The third kappa shape index (κ3) is 3.12. The first-order valence-corrected chi connectivity index (χ1v) is 7.16. The first-order chi connectivity index (χ1) is 11.4. The van der Waals surface area contributed by atoms with E-state index in [9.17, 15) is 22.4 Å². The SMILES string of the molecule is O=C(c1cnn(-c2cccc(F)c2)c1C(F)(F)F)N1CCOCC1. The number of hydrogen-bond donors (Lipinski definition) is 0. The van der Waals surface area contributed by atoms with E-state index < -0.39 is 29.2 Å². The maximum absolute atomic E-state index is 13.5. The Labute approximate surface area is 134 Å². The molecule has 24 heavy (non-hydrogen) atoms. The fourth-order valence-corrected chi connectivity index (χ4v) is 2.52. The third-order valence-corrected chi connectivity index (χ3v) is 3.62. The Bertz CT molecular complexity index is 751. The van der Waals surface area contributed by atoms with Gasteiger partial charge in [-0.3, -0.25) is 4.79 Å². The molecule has 9 heteroatoms. The molecule has 1 fully saturated rings. The molecule has 1 aromatic heterocycles. The van der Waals surface area contributed by atoms with E-state index in [-0.39, 0.29) is 32.0 Å². The summed E-state index contributed by atoms with van der Waals surface area (Å²) in [5, 5.41) is 3.66. The van der Waals surface area contributed by atoms with Crippen molar-refractivity contribution >= 4 is 5.91 Å². The van der Waals surface area contributed by atoms with Crippen LogP contribution in [0.5, 0.6) is 0 Å². The average Bonchev–Trinajstić information content (AvgIpc) is 3.00. The molecule has 1 aliphatic heterocycles. The topological polar surface area (TPSA) is 47.4 Å². The van der Waals surface area contributed by atoms with Crippen molar-refractivity contribution in [2.45, 2.75) is 6.18 Å². The number of hydrogen-bond acceptors (Lipinski definition) is 3. The Balaban J connectivity index is 2.06. The van der Waals surface area contributed by atoms with E-state index in [1.807, 2.05) is 0 Å². The van der Waals surface area contributed by atoms with Gasteiger partial charge < -0.3 is 9.64 Å². The number of nitrogens with zero attached hydrogens (tertiary/aromatic N) is 3. The van der Waals surface area contributed by atoms with Gasteiger partial charge in [-0.2, -0.15) is 18.3 Å². The van der Waals surface area contributed by atoms with Crippen LogP contribution >= 0.6 is 0 Å². The zero-order valence-corrected chi connectivity index (χ0v) is 12.4. The molecule has 0 saturated carbocycles. The van der Waals surface area contributed by atoms with Crippen LogP contribution in [-0.4, -0.2) is 46.9 Å². The maximum Gasteiger partial charge on any atom is 0.434 e. The molecule has 1 amide bonds. The number of rotatable bonds is 2. The maximum atomic E-state index is 13.5. The van der Waals surface area contributed by atoms with Crippen LogP contribution in [0.3, 0.4) is 0 Å². The molecule has 0 radical (unpaired) electrons. The van der Waals surface area contributed by atoms with Gasteiger partial charge in [0.15, 0.2) is 5.69 Å². The summed E-state index contributed by atoms with van der Waals surface area (Å²) in [6.07, 6.45) is -3.95. The molecule has 128 valence electrons. The van der Waals surface area contributed by atoms with E-state index in [1.165, 1.54) is 17.0 Å². The molecule has 3 rings (SSSR count). The molecule has 0 aliphatic carbocycles. The molecule has 0 bridgehead atoms. The predicted molar refractivity (Wildman–Crippen MR) is 75.2 cm³/mol. The van der Waals surface area contributed by atoms with Crippen molar-refractivity contribution in [2.75, 3.05) is 26.3 Å². The smallest absolute Gasteiger partial charge is 0.378 e. The number of ether oxygens (including phenoxy) is 1. The summed E-state index contributed by atoms with van der Waals surface area (Å²) < 4.78 is 59.5. The number of carbonyl (C=O) groups excluding carboxylic acids is 1. The molecule has 0 N–H and O–H groups in total. The largest absolute Gasteiger partial charge is 0.434 e. The second-order valence-electron chi connectivity index (χ2n) is 5.20. The fourth-order valence-electron chi connectivity index (χ4n) is 2.52. The third-order valence-electron chi connectivity index (χ3n) is 3.62. The van der Waals surface area contributed by atoms with Crippen LogP contribution in [-0.2, 0) is 10.9 Å². The summed E-state index contributed by atoms with van der Waals surface area (Å²) >= 11 is 0. The van der Waals surface area contributed by atoms with Gasteiger partial charge in [0.25, 0.3) is 5.91 Å². The summed E-state index contributed by atoms with van der Waals surface area (Å²) in [4.78, 5) is 13.7. The highest BCUT2D eigenvalue weighted by molar-refractivity contribution is 5.95. The summed E-state index contributed by atoms with van der Waals surface area (Å²) in [5.41, 5.74) is -1.89. The normalized spacial score (nSPS) is 15.6. The van der Waals surface area contributed by atoms with Crippen LogP contribution in [0.4, 0.5) is 17.6 Å². The van der Waals surface area contributed by atoms with Crippen LogP contribution in [0.25, 0.3) is 5.69 Å². The quantitative estimate of drug-likeness (QED) is 0.787. The van der Waals surface area contributed by atoms with Gasteiger partial charge in [0.2, 0.25) is 0 Å². The lowest BCUT2D eigenvalue weighted by Gasteiger charge is -2.27. The van der Waals surface area contributed by atoms with E-state index in [4.69, 9.17) is 4.74 Å². The highest BCUT2D eigenvalue weighted by Gasteiger charge is 2.41. The second kappa shape index (κ2) is 6.23. The average molecular weight is 343 g/mol. The van der Waals surface area contributed by atoms with Crippen molar-refractivity contribution in [1.82, 2.24) is 14.7 Å². The van der Waals surface area contributed by atoms with E-state index in [0.29, 0.717) is 4.68 Å². The van der Waals surface area contributed by atoms with Crippen molar-refractivity contribution in [3.05, 3.63) is 47.5 Å². The van der Waals surface area contributed by atoms with Gasteiger partial charge in [-0.25, -0.2) is 9.07 Å². The molecular formula is C15H13F4N3O2. The van der Waals surface area contributed by atoms with E-state index in [2.05, 4.69) is 5.10 Å². The summed E-state index contributed by atoms with van der Waals surface area (Å²) in [6.45, 7) is 0.957. The van der Waals surface area contributed by atoms with Crippen LogP contribution in [0, 0.1) is 5.82 Å². The number of aromatic nitrogens is 2. The zero-order chi connectivity index (χ0) is 17.3. The lowest BCUT2D eigenvalue weighted by atomic mass is 10.2. The second-order valence-corrected chi connectivity index (χ2v) is 5.20. The molecule has 1 aromatic carbocycles. The van der Waals surface area contributed by atoms with Crippen molar-refractivity contribution in [3.8, 4) is 5.69 Å². The molecular weight excluding hydrogens is 330 g/mol. The first-order valence-electron chi connectivity index (χ1n) is 7.16. The molecule has 0 atom stereocenters. The Morgan fingerprint density at radius 3 is 2.54 bits per heavy atom. The Hall–Kier alpha value is -2.42. The van der Waals surface area contributed by atoms with E-state index in [1.54, 1.807) is 0 Å². The van der Waals surface area contributed by atoms with Crippen LogP contribution < -0.4 is 0 Å².